The number of nitrogens with one attached hydrogen (secondary N) is 1. The Kier molecular flexibility index (Phi) is 8.13. The second-order valence-electron chi connectivity index (χ2n) is 16.0. The zero-order valence-electron chi connectivity index (χ0n) is 30.8. The number of nitrogen functional groups attached to an aromatic ring is 1. The topological polar surface area (TPSA) is 169 Å². The van der Waals surface area contributed by atoms with E-state index in [1.165, 1.54) is 6.33 Å². The van der Waals surface area contributed by atoms with Crippen molar-refractivity contribution in [2.24, 2.45) is 11.3 Å². The van der Waals surface area contributed by atoms with E-state index in [4.69, 9.17) is 15.6 Å². The molecule has 0 unspecified atom stereocenters. The van der Waals surface area contributed by atoms with Crippen LogP contribution in [0, 0.1) is 11.3 Å². The minimum atomic E-state index is -0.963. The molecule has 3 aromatic carbocycles. The molecular formula is C42H41N9O5. The molecule has 0 bridgehead atoms. The van der Waals surface area contributed by atoms with Crippen LogP contribution in [0.5, 0.6) is 11.5 Å². The highest BCUT2D eigenvalue weighted by Crippen LogP contribution is 2.48. The number of carbonyl (C=O) groups is 4. The number of ether oxygens (including phenoxy) is 1. The number of para-hydroxylation sites is 1. The zero-order valence-corrected chi connectivity index (χ0v) is 30.8. The summed E-state index contributed by atoms with van der Waals surface area (Å²) in [6.07, 6.45) is 6.07. The van der Waals surface area contributed by atoms with Crippen molar-refractivity contribution in [2.75, 3.05) is 43.4 Å². The Bertz CT molecular complexity index is 2390. The van der Waals surface area contributed by atoms with E-state index in [9.17, 15) is 19.2 Å². The smallest absolute Gasteiger partial charge is 0.262 e. The monoisotopic (exact) mass is 751 g/mol. The molecule has 1 atom stereocenters. The minimum Gasteiger partial charge on any atom is -0.457 e. The van der Waals surface area contributed by atoms with Crippen LogP contribution in [-0.4, -0.2) is 91.9 Å². The standard InChI is InChI=1S/C42H41N9O5/c43-37-35-36(26-6-9-30(10-7-26)56-29-4-2-1-3-5-29)47-51(38(35)45-24-44-37)27-14-16-42(17-15-27)22-48(23-42)19-25-20-49(21-25)28-8-11-31-32(18-28)41(55)50(40(31)54)33-12-13-34(52)46-39(33)53/h1-11,18,24-25,27,33H,12-17,19-23H2,(H2,43,44,45)(H,46,52,53)/t33-/m1/s1. The average Bonchev–Trinajstić information content (AvgIpc) is 3.68. The molecule has 1 aliphatic carbocycles. The molecule has 5 aromatic rings. The predicted molar refractivity (Wildman–Crippen MR) is 207 cm³/mol. The lowest BCUT2D eigenvalue weighted by atomic mass is 9.67. The number of imide groups is 2. The third-order valence-electron chi connectivity index (χ3n) is 12.4. The van der Waals surface area contributed by atoms with Gasteiger partial charge in [-0.05, 0) is 92.1 Å². The highest BCUT2D eigenvalue weighted by Gasteiger charge is 2.48. The number of amides is 4. The minimum absolute atomic E-state index is 0.0988. The van der Waals surface area contributed by atoms with Gasteiger partial charge in [-0.25, -0.2) is 14.6 Å². The summed E-state index contributed by atoms with van der Waals surface area (Å²) in [6, 6.07) is 22.2. The van der Waals surface area contributed by atoms with Gasteiger partial charge in [-0.2, -0.15) is 5.10 Å². The fourth-order valence-electron chi connectivity index (χ4n) is 9.48. The van der Waals surface area contributed by atoms with E-state index in [-0.39, 0.29) is 24.8 Å². The first-order valence-electron chi connectivity index (χ1n) is 19.4. The van der Waals surface area contributed by atoms with Crippen molar-refractivity contribution < 1.29 is 23.9 Å². The van der Waals surface area contributed by atoms with Gasteiger partial charge in [0, 0.05) is 56.3 Å². The first kappa shape index (κ1) is 34.3. The van der Waals surface area contributed by atoms with Gasteiger partial charge in [0.25, 0.3) is 11.8 Å². The molecule has 284 valence electrons. The molecule has 5 aliphatic rings. The number of nitrogens with two attached hydrogens (primary N) is 1. The number of hydrogen-bond donors (Lipinski definition) is 2. The second-order valence-corrected chi connectivity index (χ2v) is 16.0. The third kappa shape index (κ3) is 5.86. The van der Waals surface area contributed by atoms with Gasteiger partial charge in [0.2, 0.25) is 11.8 Å². The number of fused-ring (bicyclic) bond motifs is 2. The van der Waals surface area contributed by atoms with Gasteiger partial charge < -0.3 is 20.3 Å². The number of anilines is 2. The van der Waals surface area contributed by atoms with Crippen LogP contribution in [-0.2, 0) is 9.59 Å². The molecule has 4 amide bonds. The highest BCUT2D eigenvalue weighted by molar-refractivity contribution is 6.23. The van der Waals surface area contributed by atoms with E-state index >= 15 is 0 Å². The van der Waals surface area contributed by atoms with E-state index in [2.05, 4.69) is 29.8 Å². The number of nitrogens with zero attached hydrogens (tertiary/aromatic N) is 7. The number of carbonyl (C=O) groups excluding carboxylic acids is 4. The van der Waals surface area contributed by atoms with Gasteiger partial charge in [-0.1, -0.05) is 18.2 Å². The molecule has 4 fully saturated rings. The Morgan fingerprint density at radius 3 is 2.32 bits per heavy atom. The first-order chi connectivity index (χ1) is 27.2. The Morgan fingerprint density at radius 2 is 1.57 bits per heavy atom. The largest absolute Gasteiger partial charge is 0.457 e. The molecule has 1 saturated carbocycles. The summed E-state index contributed by atoms with van der Waals surface area (Å²) in [6.45, 7) is 4.99. The van der Waals surface area contributed by atoms with Crippen LogP contribution in [0.15, 0.2) is 79.1 Å². The van der Waals surface area contributed by atoms with Crippen LogP contribution < -0.4 is 20.7 Å². The molecule has 10 rings (SSSR count). The number of piperidine rings is 1. The number of benzene rings is 3. The summed E-state index contributed by atoms with van der Waals surface area (Å²) in [5, 5.41) is 8.15. The van der Waals surface area contributed by atoms with Crippen LogP contribution in [0.2, 0.25) is 0 Å². The van der Waals surface area contributed by atoms with Crippen LogP contribution in [0.3, 0.4) is 0 Å². The lowest BCUT2D eigenvalue weighted by molar-refractivity contribution is -0.136. The van der Waals surface area contributed by atoms with Gasteiger partial charge in [0.15, 0.2) is 5.65 Å². The summed E-state index contributed by atoms with van der Waals surface area (Å²) in [5.74, 6) is 0.526. The molecular weight excluding hydrogens is 711 g/mol. The summed E-state index contributed by atoms with van der Waals surface area (Å²) in [5.41, 5.74) is 10.8. The number of rotatable bonds is 8. The highest BCUT2D eigenvalue weighted by atomic mass is 16.5. The van der Waals surface area contributed by atoms with Gasteiger partial charge in [-0.15, -0.1) is 0 Å². The molecule has 3 N–H and O–H groups in total. The molecule has 6 heterocycles. The van der Waals surface area contributed by atoms with Crippen LogP contribution in [0.1, 0.15) is 65.3 Å². The SMILES string of the molecule is Nc1ncnc2c1c(-c1ccc(Oc3ccccc3)cc1)nn2C1CCC2(CC1)CN(CC1CN(c3ccc4c(c3)C(=O)N([C@@H]3CCC(=O)NC3=O)C4=O)C1)C2. The van der Waals surface area contributed by atoms with Crippen molar-refractivity contribution in [1.29, 1.82) is 0 Å². The van der Waals surface area contributed by atoms with E-state index in [1.807, 2.05) is 60.7 Å². The molecule has 4 aliphatic heterocycles. The molecule has 56 heavy (non-hydrogen) atoms. The molecule has 2 aromatic heterocycles. The second kappa shape index (κ2) is 13.3. The third-order valence-corrected chi connectivity index (χ3v) is 12.4. The average molecular weight is 752 g/mol. The van der Waals surface area contributed by atoms with E-state index < -0.39 is 23.8 Å². The quantitative estimate of drug-likeness (QED) is 0.209. The molecule has 14 nitrogen and oxygen atoms in total. The van der Waals surface area contributed by atoms with Crippen LogP contribution in [0.25, 0.3) is 22.3 Å². The molecule has 14 heteroatoms. The fraction of sp³-hybridized carbons (Fsp3) is 0.357. The maximum absolute atomic E-state index is 13.3. The Labute approximate surface area is 322 Å². The van der Waals surface area contributed by atoms with Crippen molar-refractivity contribution in [3.8, 4) is 22.8 Å². The molecule has 0 radical (unpaired) electrons. The van der Waals surface area contributed by atoms with Crippen LogP contribution in [0.4, 0.5) is 11.5 Å². The summed E-state index contributed by atoms with van der Waals surface area (Å²) in [4.78, 5) is 65.3. The maximum Gasteiger partial charge on any atom is 0.262 e. The lowest BCUT2D eigenvalue weighted by Gasteiger charge is -2.55. The fourth-order valence-corrected chi connectivity index (χ4v) is 9.48. The van der Waals surface area contributed by atoms with Crippen molar-refractivity contribution >= 4 is 46.2 Å². The van der Waals surface area contributed by atoms with Crippen molar-refractivity contribution in [3.05, 3.63) is 90.3 Å². The van der Waals surface area contributed by atoms with E-state index in [1.54, 1.807) is 12.1 Å². The van der Waals surface area contributed by atoms with Gasteiger partial charge >= 0.3 is 0 Å². The maximum atomic E-state index is 13.3. The number of hydrogen-bond acceptors (Lipinski definition) is 11. The zero-order chi connectivity index (χ0) is 38.1. The lowest BCUT2D eigenvalue weighted by Crippen LogP contribution is -2.61. The van der Waals surface area contributed by atoms with Crippen LogP contribution >= 0.6 is 0 Å². The van der Waals surface area contributed by atoms with E-state index in [0.717, 1.165) is 103 Å². The summed E-state index contributed by atoms with van der Waals surface area (Å²) >= 11 is 0. The van der Waals surface area contributed by atoms with Crippen molar-refractivity contribution in [1.82, 2.24) is 34.9 Å². The predicted octanol–water partition coefficient (Wildman–Crippen LogP) is 4.82. The van der Waals surface area contributed by atoms with Gasteiger partial charge in [-0.3, -0.25) is 29.4 Å². The van der Waals surface area contributed by atoms with Crippen molar-refractivity contribution in [2.45, 2.75) is 50.6 Å². The first-order valence-corrected chi connectivity index (χ1v) is 19.4. The normalized spacial score (nSPS) is 21.3. The number of likely N-dealkylation sites (tertiary alicyclic amines) is 1. The summed E-state index contributed by atoms with van der Waals surface area (Å²) < 4.78 is 8.08. The summed E-state index contributed by atoms with van der Waals surface area (Å²) in [7, 11) is 0. The Morgan fingerprint density at radius 1 is 0.839 bits per heavy atom. The Hall–Kier alpha value is -6.15. The molecule has 3 saturated heterocycles. The van der Waals surface area contributed by atoms with Crippen molar-refractivity contribution in [3.63, 3.8) is 0 Å². The Balaban J connectivity index is 0.740. The van der Waals surface area contributed by atoms with Gasteiger partial charge in [0.05, 0.1) is 22.6 Å². The van der Waals surface area contributed by atoms with E-state index in [0.29, 0.717) is 28.3 Å². The molecule has 1 spiro atoms. The van der Waals surface area contributed by atoms with Gasteiger partial charge in [0.1, 0.15) is 35.4 Å². The number of aromatic nitrogens is 4.